The summed E-state index contributed by atoms with van der Waals surface area (Å²) in [5.74, 6) is 0.638. The number of rotatable bonds is 3. The molecule has 23 heavy (non-hydrogen) atoms. The van der Waals surface area contributed by atoms with Gasteiger partial charge in [-0.05, 0) is 35.9 Å². The van der Waals surface area contributed by atoms with Gasteiger partial charge in [-0.25, -0.2) is 0 Å². The lowest BCUT2D eigenvalue weighted by molar-refractivity contribution is 0.951. The van der Waals surface area contributed by atoms with Crippen LogP contribution in [0.15, 0.2) is 48.7 Å². The molecule has 4 aromatic rings. The number of hydrogen-bond donors (Lipinski definition) is 0. The van der Waals surface area contributed by atoms with E-state index in [1.54, 1.807) is 10.7 Å². The zero-order valence-electron chi connectivity index (χ0n) is 11.8. The number of pyridine rings is 1. The lowest BCUT2D eigenvalue weighted by Crippen LogP contribution is -1.92. The van der Waals surface area contributed by atoms with Gasteiger partial charge in [-0.2, -0.15) is 9.61 Å². The summed E-state index contributed by atoms with van der Waals surface area (Å²) in [6, 6.07) is 13.3. The van der Waals surface area contributed by atoms with E-state index in [0.29, 0.717) is 10.8 Å². The summed E-state index contributed by atoms with van der Waals surface area (Å²) < 4.78 is 1.71. The highest BCUT2D eigenvalue weighted by Gasteiger charge is 2.12. The second-order valence-electron chi connectivity index (χ2n) is 4.76. The second kappa shape index (κ2) is 5.91. The van der Waals surface area contributed by atoms with Crippen molar-refractivity contribution < 1.29 is 0 Å². The van der Waals surface area contributed by atoms with Gasteiger partial charge in [-0.15, -0.1) is 10.2 Å². The lowest BCUT2D eigenvalue weighted by Gasteiger charge is -1.94. The summed E-state index contributed by atoms with van der Waals surface area (Å²) in [5, 5.41) is 14.4. The molecule has 0 N–H and O–H groups in total. The Morgan fingerprint density at radius 2 is 2.00 bits per heavy atom. The van der Waals surface area contributed by atoms with E-state index in [4.69, 9.17) is 11.6 Å². The van der Waals surface area contributed by atoms with Gasteiger partial charge in [0.05, 0.1) is 0 Å². The van der Waals surface area contributed by atoms with Gasteiger partial charge in [-0.3, -0.25) is 4.98 Å². The molecule has 4 rings (SSSR count). The van der Waals surface area contributed by atoms with Crippen LogP contribution in [-0.2, 0) is 0 Å². The first-order chi connectivity index (χ1) is 11.3. The van der Waals surface area contributed by atoms with E-state index in [1.807, 2.05) is 54.6 Å². The quantitative estimate of drug-likeness (QED) is 0.564. The fourth-order valence-electron chi connectivity index (χ4n) is 2.13. The zero-order valence-corrected chi connectivity index (χ0v) is 13.4. The van der Waals surface area contributed by atoms with Crippen LogP contribution in [0.1, 0.15) is 10.6 Å². The van der Waals surface area contributed by atoms with Crippen molar-refractivity contribution >= 4 is 40.1 Å². The van der Waals surface area contributed by atoms with E-state index in [0.717, 1.165) is 21.2 Å². The predicted molar refractivity (Wildman–Crippen MR) is 92.3 cm³/mol. The van der Waals surface area contributed by atoms with Crippen molar-refractivity contribution in [1.82, 2.24) is 24.8 Å². The number of aromatic nitrogens is 5. The first kappa shape index (κ1) is 14.0. The monoisotopic (exact) mass is 339 g/mol. The minimum Gasteiger partial charge on any atom is -0.253 e. The van der Waals surface area contributed by atoms with Crippen molar-refractivity contribution in [1.29, 1.82) is 0 Å². The van der Waals surface area contributed by atoms with Crippen LogP contribution in [0.2, 0.25) is 5.02 Å². The molecular weight excluding hydrogens is 330 g/mol. The van der Waals surface area contributed by atoms with Crippen LogP contribution in [0.4, 0.5) is 0 Å². The van der Waals surface area contributed by atoms with Crippen LogP contribution in [0.3, 0.4) is 0 Å². The van der Waals surface area contributed by atoms with Gasteiger partial charge in [0.2, 0.25) is 10.8 Å². The summed E-state index contributed by atoms with van der Waals surface area (Å²) in [6.45, 7) is 0. The number of halogens is 1. The van der Waals surface area contributed by atoms with E-state index >= 15 is 0 Å². The largest absolute Gasteiger partial charge is 0.253 e. The minimum atomic E-state index is 0.638. The van der Waals surface area contributed by atoms with E-state index in [9.17, 15) is 0 Å². The molecule has 0 unspecified atom stereocenters. The van der Waals surface area contributed by atoms with E-state index < -0.39 is 0 Å². The Bertz CT molecular complexity index is 990. The Kier molecular flexibility index (Phi) is 3.61. The number of hydrogen-bond acceptors (Lipinski definition) is 5. The van der Waals surface area contributed by atoms with Crippen molar-refractivity contribution in [2.75, 3.05) is 0 Å². The molecule has 0 bridgehead atoms. The average molecular weight is 340 g/mol. The normalized spacial score (nSPS) is 11.5. The molecule has 0 amide bonds. The fraction of sp³-hybridized carbons (Fsp3) is 0. The molecule has 1 aromatic carbocycles. The Hall–Kier alpha value is -2.57. The Balaban J connectivity index is 1.69. The molecule has 0 aliphatic heterocycles. The smallest absolute Gasteiger partial charge is 0.235 e. The highest BCUT2D eigenvalue weighted by atomic mass is 35.5. The van der Waals surface area contributed by atoms with Crippen LogP contribution in [0.5, 0.6) is 0 Å². The molecular formula is C16H10ClN5S. The zero-order chi connectivity index (χ0) is 15.6. The molecule has 0 atom stereocenters. The van der Waals surface area contributed by atoms with Gasteiger partial charge in [0, 0.05) is 11.2 Å². The molecule has 5 nitrogen and oxygen atoms in total. The van der Waals surface area contributed by atoms with Crippen molar-refractivity contribution in [3.63, 3.8) is 0 Å². The molecule has 7 heteroatoms. The second-order valence-corrected chi connectivity index (χ2v) is 6.19. The van der Waals surface area contributed by atoms with Gasteiger partial charge in [0.15, 0.2) is 0 Å². The number of benzene rings is 1. The Morgan fingerprint density at radius 1 is 1.04 bits per heavy atom. The maximum absolute atomic E-state index is 5.99. The number of fused-ring (bicyclic) bond motifs is 1. The molecule has 0 saturated carbocycles. The van der Waals surface area contributed by atoms with Crippen molar-refractivity contribution in [3.8, 4) is 11.5 Å². The van der Waals surface area contributed by atoms with Crippen LogP contribution in [0, 0.1) is 0 Å². The molecule has 0 radical (unpaired) electrons. The van der Waals surface area contributed by atoms with Crippen LogP contribution >= 0.6 is 22.9 Å². The topological polar surface area (TPSA) is 56.0 Å². The first-order valence-electron chi connectivity index (χ1n) is 6.87. The third kappa shape index (κ3) is 2.86. The SMILES string of the molecule is Clc1cccc(/C=C\c2nn3c(-c4ccccn4)nnc3s2)c1. The molecule has 0 spiro atoms. The van der Waals surface area contributed by atoms with Gasteiger partial charge in [-0.1, -0.05) is 47.2 Å². The Labute approximate surface area is 140 Å². The molecule has 0 aliphatic rings. The summed E-state index contributed by atoms with van der Waals surface area (Å²) in [7, 11) is 0. The fourth-order valence-corrected chi connectivity index (χ4v) is 3.07. The van der Waals surface area contributed by atoms with Crippen LogP contribution in [-0.4, -0.2) is 24.8 Å². The minimum absolute atomic E-state index is 0.638. The van der Waals surface area contributed by atoms with E-state index in [2.05, 4.69) is 20.3 Å². The maximum Gasteiger partial charge on any atom is 0.235 e. The van der Waals surface area contributed by atoms with Gasteiger partial charge in [0.25, 0.3) is 0 Å². The predicted octanol–water partition coefficient (Wildman–Crippen LogP) is 4.07. The Morgan fingerprint density at radius 3 is 2.83 bits per heavy atom. The number of nitrogens with zero attached hydrogens (tertiary/aromatic N) is 5. The average Bonchev–Trinajstić information content (AvgIpc) is 3.14. The van der Waals surface area contributed by atoms with Gasteiger partial charge < -0.3 is 0 Å². The van der Waals surface area contributed by atoms with Crippen molar-refractivity contribution in [2.24, 2.45) is 0 Å². The summed E-state index contributed by atoms with van der Waals surface area (Å²) in [4.78, 5) is 5.03. The van der Waals surface area contributed by atoms with E-state index in [-0.39, 0.29) is 0 Å². The van der Waals surface area contributed by atoms with Crippen molar-refractivity contribution in [2.45, 2.75) is 0 Å². The standard InChI is InChI=1S/C16H10ClN5S/c17-12-5-3-4-11(10-12)7-8-14-21-22-15(19-20-16(22)23-14)13-6-1-2-9-18-13/h1-10H/b8-7-. The summed E-state index contributed by atoms with van der Waals surface area (Å²) in [6.07, 6.45) is 5.63. The van der Waals surface area contributed by atoms with Gasteiger partial charge in [0.1, 0.15) is 10.7 Å². The summed E-state index contributed by atoms with van der Waals surface area (Å²) in [5.41, 5.74) is 1.77. The third-order valence-corrected chi connectivity index (χ3v) is 4.27. The molecule has 3 heterocycles. The van der Waals surface area contributed by atoms with E-state index in [1.165, 1.54) is 11.3 Å². The molecule has 0 fully saturated rings. The highest BCUT2D eigenvalue weighted by molar-refractivity contribution is 7.17. The highest BCUT2D eigenvalue weighted by Crippen LogP contribution is 2.21. The first-order valence-corrected chi connectivity index (χ1v) is 8.06. The maximum atomic E-state index is 5.99. The van der Waals surface area contributed by atoms with Gasteiger partial charge >= 0.3 is 0 Å². The molecule has 0 saturated heterocycles. The molecule has 3 aromatic heterocycles. The molecule has 0 aliphatic carbocycles. The third-order valence-electron chi connectivity index (χ3n) is 3.17. The van der Waals surface area contributed by atoms with Crippen LogP contribution in [0.25, 0.3) is 28.6 Å². The molecule has 112 valence electrons. The van der Waals surface area contributed by atoms with Crippen molar-refractivity contribution in [3.05, 3.63) is 64.3 Å². The lowest BCUT2D eigenvalue weighted by atomic mass is 10.2. The van der Waals surface area contributed by atoms with Crippen LogP contribution < -0.4 is 0 Å². The summed E-state index contributed by atoms with van der Waals surface area (Å²) >= 11 is 7.45.